The zero-order valence-electron chi connectivity index (χ0n) is 61.5. The molecule has 0 bridgehead atoms. The lowest BCUT2D eigenvalue weighted by Crippen LogP contribution is -2.30. The van der Waals surface area contributed by atoms with Crippen molar-refractivity contribution in [3.63, 3.8) is 0 Å². The summed E-state index contributed by atoms with van der Waals surface area (Å²) in [6, 6.07) is 0. The van der Waals surface area contributed by atoms with E-state index in [1.807, 2.05) is 0 Å². The molecule has 0 aliphatic heterocycles. The lowest BCUT2D eigenvalue weighted by Gasteiger charge is -2.21. The number of carbonyl (C=O) groups is 4. The van der Waals surface area contributed by atoms with Crippen molar-refractivity contribution >= 4 is 39.5 Å². The second kappa shape index (κ2) is 67.4. The molecular weight excluding hydrogens is 1250 g/mol. The number of esters is 4. The number of aliphatic hydroxyl groups is 1. The second-order valence-corrected chi connectivity index (χ2v) is 30.6. The lowest BCUT2D eigenvalue weighted by molar-refractivity contribution is -0.161. The van der Waals surface area contributed by atoms with Gasteiger partial charge in [0, 0.05) is 25.7 Å². The normalized spacial score (nSPS) is 14.2. The van der Waals surface area contributed by atoms with Crippen LogP contribution >= 0.6 is 15.6 Å². The van der Waals surface area contributed by atoms with Crippen LogP contribution in [0, 0.1) is 11.8 Å². The fraction of sp³-hybridized carbons (Fsp3) is 0.895. The van der Waals surface area contributed by atoms with E-state index in [1.54, 1.807) is 0 Å². The summed E-state index contributed by atoms with van der Waals surface area (Å²) in [4.78, 5) is 72.8. The maximum atomic E-state index is 13.1. The summed E-state index contributed by atoms with van der Waals surface area (Å²) >= 11 is 0. The van der Waals surface area contributed by atoms with Crippen molar-refractivity contribution in [2.45, 2.75) is 387 Å². The predicted octanol–water partition coefficient (Wildman–Crippen LogP) is 21.9. The van der Waals surface area contributed by atoms with E-state index in [0.29, 0.717) is 25.7 Å². The topological polar surface area (TPSA) is 237 Å². The minimum atomic E-state index is -4.96. The molecule has 0 aliphatic rings. The summed E-state index contributed by atoms with van der Waals surface area (Å²) in [5.74, 6) is -0.669. The Hall–Kier alpha value is -2.46. The third-order valence-electron chi connectivity index (χ3n) is 17.1. The Morgan fingerprint density at radius 2 is 0.568 bits per heavy atom. The van der Waals surface area contributed by atoms with Crippen LogP contribution in [0.25, 0.3) is 0 Å². The highest BCUT2D eigenvalue weighted by molar-refractivity contribution is 7.47. The summed E-state index contributed by atoms with van der Waals surface area (Å²) in [7, 11) is -9.92. The van der Waals surface area contributed by atoms with Crippen LogP contribution < -0.4 is 0 Å². The minimum absolute atomic E-state index is 0.101. The van der Waals surface area contributed by atoms with Crippen LogP contribution in [0.1, 0.15) is 369 Å². The molecule has 0 saturated heterocycles. The molecule has 17 nitrogen and oxygen atoms in total. The summed E-state index contributed by atoms with van der Waals surface area (Å²) in [5, 5.41) is 10.6. The maximum Gasteiger partial charge on any atom is 0.472 e. The zero-order valence-corrected chi connectivity index (χ0v) is 63.2. The van der Waals surface area contributed by atoms with Crippen LogP contribution in [0.15, 0.2) is 24.3 Å². The maximum absolute atomic E-state index is 13.1. The van der Waals surface area contributed by atoms with E-state index in [1.165, 1.54) is 167 Å². The standard InChI is InChI=1S/C76H144O17P2/c1-7-9-11-13-15-17-19-21-23-25-27-29-35-42-48-54-60-75(80)92-71(64-86-73(78)58-52-46-40-34-28-26-24-22-20-18-16-14-12-10-8-2)66-90-94(82,83)88-62-70(77)63-89-95(84,85)91-67-72(93-76(81)61-55-49-43-37-31-33-39-45-51-57-69(5)6)65-87-74(79)59-53-47-41-36-30-32-38-44-50-56-68(3)4/h18,20,22,24,68-72,77H,7-17,19,21,23,25-67H2,1-6H3,(H,82,83)(H,84,85)/b20-18-,24-22-/t70-,71-,72-/m1/s1. The quantitative estimate of drug-likeness (QED) is 0.0169. The monoisotopic (exact) mass is 1390 g/mol. The summed E-state index contributed by atoms with van der Waals surface area (Å²) in [6.07, 6.45) is 57.6. The van der Waals surface area contributed by atoms with Gasteiger partial charge in [0.25, 0.3) is 0 Å². The van der Waals surface area contributed by atoms with E-state index in [0.717, 1.165) is 121 Å². The van der Waals surface area contributed by atoms with Crippen LogP contribution in [0.4, 0.5) is 0 Å². The van der Waals surface area contributed by atoms with Gasteiger partial charge in [-0.25, -0.2) is 9.13 Å². The van der Waals surface area contributed by atoms with Crippen LogP contribution in [0.5, 0.6) is 0 Å². The van der Waals surface area contributed by atoms with Gasteiger partial charge in [-0.2, -0.15) is 0 Å². The molecule has 0 aliphatic carbocycles. The van der Waals surface area contributed by atoms with Crippen LogP contribution in [-0.2, 0) is 65.4 Å². The average molecular weight is 1390 g/mol. The number of hydrogen-bond acceptors (Lipinski definition) is 15. The van der Waals surface area contributed by atoms with Crippen molar-refractivity contribution in [3.05, 3.63) is 24.3 Å². The Morgan fingerprint density at radius 3 is 0.863 bits per heavy atom. The molecule has 2 unspecified atom stereocenters. The Morgan fingerprint density at radius 1 is 0.326 bits per heavy atom. The highest BCUT2D eigenvalue weighted by Crippen LogP contribution is 2.45. The first-order chi connectivity index (χ1) is 45.9. The molecule has 0 heterocycles. The molecule has 0 fully saturated rings. The van der Waals surface area contributed by atoms with E-state index < -0.39 is 97.5 Å². The fourth-order valence-electron chi connectivity index (χ4n) is 11.1. The van der Waals surface area contributed by atoms with E-state index in [2.05, 4.69) is 65.8 Å². The number of unbranched alkanes of at least 4 members (excludes halogenated alkanes) is 40. The Labute approximate surface area is 580 Å². The fourth-order valence-corrected chi connectivity index (χ4v) is 12.7. The Balaban J connectivity index is 5.29. The largest absolute Gasteiger partial charge is 0.472 e. The smallest absolute Gasteiger partial charge is 0.462 e. The van der Waals surface area contributed by atoms with Crippen molar-refractivity contribution in [2.75, 3.05) is 39.6 Å². The van der Waals surface area contributed by atoms with Crippen molar-refractivity contribution < 1.29 is 80.2 Å². The van der Waals surface area contributed by atoms with Gasteiger partial charge in [0.2, 0.25) is 0 Å². The molecule has 3 N–H and O–H groups in total. The zero-order chi connectivity index (χ0) is 70.0. The van der Waals surface area contributed by atoms with Gasteiger partial charge in [0.05, 0.1) is 26.4 Å². The van der Waals surface area contributed by atoms with Crippen LogP contribution in [0.2, 0.25) is 0 Å². The van der Waals surface area contributed by atoms with Crippen molar-refractivity contribution in [2.24, 2.45) is 11.8 Å². The number of allylic oxidation sites excluding steroid dienone is 4. The minimum Gasteiger partial charge on any atom is -0.462 e. The molecule has 560 valence electrons. The van der Waals surface area contributed by atoms with Gasteiger partial charge >= 0.3 is 39.5 Å². The molecule has 19 heteroatoms. The van der Waals surface area contributed by atoms with E-state index in [9.17, 15) is 43.2 Å². The van der Waals surface area contributed by atoms with Crippen molar-refractivity contribution in [1.82, 2.24) is 0 Å². The third-order valence-corrected chi connectivity index (χ3v) is 19.0. The molecule has 0 saturated carbocycles. The van der Waals surface area contributed by atoms with Gasteiger partial charge in [-0.05, 0) is 63.2 Å². The molecule has 5 atom stereocenters. The summed E-state index contributed by atoms with van der Waals surface area (Å²) < 4.78 is 68.5. The first kappa shape index (κ1) is 92.5. The average Bonchev–Trinajstić information content (AvgIpc) is 1.65. The number of rotatable bonds is 73. The summed E-state index contributed by atoms with van der Waals surface area (Å²) in [5.41, 5.74) is 0. The SMILES string of the molecule is CCCCCC/C=C\C=C/CCCCCCCC(=O)OC[C@H](COP(=O)(O)OC[C@@H](O)COP(=O)(O)OC[C@@H](COC(=O)CCCCCCCCCCCC(C)C)OC(=O)CCCCCCCCCCCC(C)C)OC(=O)CCCCCCCCCCCCCCCCCC. The van der Waals surface area contributed by atoms with Gasteiger partial charge in [0.1, 0.15) is 19.3 Å². The third kappa shape index (κ3) is 69.8. The first-order valence-electron chi connectivity index (χ1n) is 38.8. The highest BCUT2D eigenvalue weighted by atomic mass is 31.2. The first-order valence-corrected chi connectivity index (χ1v) is 41.8. The van der Waals surface area contributed by atoms with Gasteiger partial charge < -0.3 is 33.8 Å². The van der Waals surface area contributed by atoms with E-state index >= 15 is 0 Å². The Bertz CT molecular complexity index is 1930. The lowest BCUT2D eigenvalue weighted by atomic mass is 10.0. The number of hydrogen-bond donors (Lipinski definition) is 3. The van der Waals surface area contributed by atoms with Crippen LogP contribution in [-0.4, -0.2) is 96.7 Å². The van der Waals surface area contributed by atoms with E-state index in [-0.39, 0.29) is 25.7 Å². The number of carbonyl (C=O) groups excluding carboxylic acids is 4. The molecule has 0 radical (unpaired) electrons. The molecule has 0 aromatic heterocycles. The van der Waals surface area contributed by atoms with Crippen molar-refractivity contribution in [1.29, 1.82) is 0 Å². The van der Waals surface area contributed by atoms with Crippen LogP contribution in [0.3, 0.4) is 0 Å². The predicted molar refractivity (Wildman–Crippen MR) is 386 cm³/mol. The molecule has 0 rings (SSSR count). The highest BCUT2D eigenvalue weighted by Gasteiger charge is 2.30. The molecule has 95 heavy (non-hydrogen) atoms. The number of phosphoric ester groups is 2. The van der Waals surface area contributed by atoms with Gasteiger partial charge in [-0.3, -0.25) is 37.3 Å². The van der Waals surface area contributed by atoms with Gasteiger partial charge in [-0.1, -0.05) is 316 Å². The molecule has 0 spiro atoms. The number of phosphoric acid groups is 2. The Kier molecular flexibility index (Phi) is 65.6. The van der Waals surface area contributed by atoms with Crippen molar-refractivity contribution in [3.8, 4) is 0 Å². The van der Waals surface area contributed by atoms with Gasteiger partial charge in [0.15, 0.2) is 12.2 Å². The van der Waals surface area contributed by atoms with Gasteiger partial charge in [-0.15, -0.1) is 0 Å². The molecule has 0 aromatic rings. The molecule has 0 amide bonds. The molecular formula is C76H144O17P2. The number of ether oxygens (including phenoxy) is 4. The van der Waals surface area contributed by atoms with E-state index in [4.69, 9.17) is 37.0 Å². The second-order valence-electron chi connectivity index (χ2n) is 27.7. The number of aliphatic hydroxyl groups excluding tert-OH is 1. The molecule has 0 aromatic carbocycles. The summed E-state index contributed by atoms with van der Waals surface area (Å²) in [6.45, 7) is 9.49.